The monoisotopic (exact) mass is 734 g/mol. The lowest BCUT2D eigenvalue weighted by Crippen LogP contribution is -2.33. The zero-order valence-electron chi connectivity index (χ0n) is 34.7. The van der Waals surface area contributed by atoms with E-state index in [0.29, 0.717) is 31.7 Å². The van der Waals surface area contributed by atoms with Crippen LogP contribution in [0.1, 0.15) is 180 Å². The molecule has 0 spiro atoms. The smallest absolute Gasteiger partial charge is 0.272 e. The number of unbranched alkanes of at least 4 members (excludes halogenated alkanes) is 9. The van der Waals surface area contributed by atoms with Crippen LogP contribution in [0.25, 0.3) is 11.1 Å². The summed E-state index contributed by atoms with van der Waals surface area (Å²) in [7, 11) is 0. The second-order valence-corrected chi connectivity index (χ2v) is 14.8. The summed E-state index contributed by atoms with van der Waals surface area (Å²) in [5.41, 5.74) is 10.2. The van der Waals surface area contributed by atoms with E-state index in [2.05, 4.69) is 61.9 Å². The van der Waals surface area contributed by atoms with Crippen LogP contribution >= 0.6 is 0 Å². The Morgan fingerprint density at radius 3 is 1.80 bits per heavy atom. The molecule has 0 fully saturated rings. The highest BCUT2D eigenvalue weighted by Crippen LogP contribution is 2.43. The number of ether oxygens (including phenoxy) is 1. The van der Waals surface area contributed by atoms with Gasteiger partial charge in [0, 0.05) is 43.7 Å². The van der Waals surface area contributed by atoms with Gasteiger partial charge in [0.2, 0.25) is 0 Å². The summed E-state index contributed by atoms with van der Waals surface area (Å²) < 4.78 is 6.24. The first-order valence-electron chi connectivity index (χ1n) is 21.4. The molecule has 0 bridgehead atoms. The summed E-state index contributed by atoms with van der Waals surface area (Å²) in [5, 5.41) is 0. The standard InChI is InChI=1S/C48H67N3O3/c1-8-15-18-21-24-37-34-43-41-29-27-39(54-30-23-20-17-10-3)33-38(41)35-44(43)42(40(37)25-22-19-16-9-2)28-26-36-31-45(47(52)50(11-4)12-5)49-46(32-36)48(53)51(13-6)14-7/h27,29,31-34H,8-25,30,35H2,1-7H3. The van der Waals surface area contributed by atoms with Crippen molar-refractivity contribution in [3.05, 3.63) is 81.2 Å². The summed E-state index contributed by atoms with van der Waals surface area (Å²) in [6.07, 6.45) is 17.2. The molecule has 0 N–H and O–H groups in total. The molecule has 6 heteroatoms. The topological polar surface area (TPSA) is 62.7 Å². The van der Waals surface area contributed by atoms with E-state index in [4.69, 9.17) is 4.74 Å². The Balaban J connectivity index is 1.86. The van der Waals surface area contributed by atoms with E-state index in [9.17, 15) is 9.59 Å². The number of benzene rings is 2. The van der Waals surface area contributed by atoms with Gasteiger partial charge in [-0.3, -0.25) is 9.59 Å². The Bertz CT molecular complexity index is 1700. The van der Waals surface area contributed by atoms with Gasteiger partial charge in [0.05, 0.1) is 6.61 Å². The largest absolute Gasteiger partial charge is 0.494 e. The molecule has 0 atom stereocenters. The lowest BCUT2D eigenvalue weighted by molar-refractivity contribution is 0.0760. The molecular weight excluding hydrogens is 667 g/mol. The van der Waals surface area contributed by atoms with Gasteiger partial charge in [-0.05, 0) is 117 Å². The third kappa shape index (κ3) is 11.2. The van der Waals surface area contributed by atoms with Gasteiger partial charge in [-0.25, -0.2) is 4.98 Å². The SMILES string of the molecule is CCCCCCOc1ccc2c(c1)Cc1c-2cc(CCCCCC)c(CCCCCC)c1C#Cc1cc(C(=O)N(CC)CC)nc(C(=O)N(CC)CC)c1. The minimum atomic E-state index is -0.178. The molecule has 0 radical (unpaired) electrons. The first kappa shape index (κ1) is 42.6. The molecule has 0 saturated carbocycles. The maximum absolute atomic E-state index is 13.6. The van der Waals surface area contributed by atoms with Crippen LogP contribution < -0.4 is 4.74 Å². The van der Waals surface area contributed by atoms with Gasteiger partial charge in [-0.15, -0.1) is 0 Å². The van der Waals surface area contributed by atoms with Crippen LogP contribution in [0, 0.1) is 11.8 Å². The molecule has 4 rings (SSSR count). The molecule has 54 heavy (non-hydrogen) atoms. The highest BCUT2D eigenvalue weighted by Gasteiger charge is 2.26. The van der Waals surface area contributed by atoms with Crippen molar-refractivity contribution in [3.63, 3.8) is 0 Å². The van der Waals surface area contributed by atoms with Crippen molar-refractivity contribution in [2.45, 2.75) is 145 Å². The Labute approximate surface area is 327 Å². The Morgan fingerprint density at radius 1 is 0.648 bits per heavy atom. The van der Waals surface area contributed by atoms with E-state index < -0.39 is 0 Å². The fourth-order valence-corrected chi connectivity index (χ4v) is 7.66. The van der Waals surface area contributed by atoms with Gasteiger partial charge in [-0.2, -0.15) is 0 Å². The summed E-state index contributed by atoms with van der Waals surface area (Å²) in [4.78, 5) is 35.4. The molecule has 1 aliphatic carbocycles. The van der Waals surface area contributed by atoms with Crippen molar-refractivity contribution in [3.8, 4) is 28.7 Å². The van der Waals surface area contributed by atoms with Crippen LogP contribution in [0.3, 0.4) is 0 Å². The lowest BCUT2D eigenvalue weighted by Gasteiger charge is -2.20. The van der Waals surface area contributed by atoms with E-state index in [1.54, 1.807) is 21.9 Å². The van der Waals surface area contributed by atoms with Crippen LogP contribution in [0.5, 0.6) is 5.75 Å². The van der Waals surface area contributed by atoms with Crippen molar-refractivity contribution < 1.29 is 14.3 Å². The predicted molar refractivity (Wildman–Crippen MR) is 225 cm³/mol. The first-order chi connectivity index (χ1) is 26.3. The number of nitrogens with zero attached hydrogens (tertiary/aromatic N) is 3. The fraction of sp³-hybridized carbons (Fsp3) is 0.562. The maximum Gasteiger partial charge on any atom is 0.272 e. The average molecular weight is 734 g/mol. The summed E-state index contributed by atoms with van der Waals surface area (Å²) in [6.45, 7) is 17.6. The molecule has 6 nitrogen and oxygen atoms in total. The maximum atomic E-state index is 13.6. The predicted octanol–water partition coefficient (Wildman–Crippen LogP) is 11.2. The zero-order chi connectivity index (χ0) is 38.9. The van der Waals surface area contributed by atoms with Crippen LogP contribution in [-0.2, 0) is 19.3 Å². The van der Waals surface area contributed by atoms with Crippen LogP contribution in [0.2, 0.25) is 0 Å². The molecule has 1 aromatic heterocycles. The summed E-state index contributed by atoms with van der Waals surface area (Å²) in [6, 6.07) is 12.7. The summed E-state index contributed by atoms with van der Waals surface area (Å²) in [5.74, 6) is 7.79. The van der Waals surface area contributed by atoms with Crippen molar-refractivity contribution in [1.82, 2.24) is 14.8 Å². The highest BCUT2D eigenvalue weighted by molar-refractivity contribution is 5.97. The van der Waals surface area contributed by atoms with Gasteiger partial charge in [0.25, 0.3) is 11.8 Å². The quantitative estimate of drug-likeness (QED) is 0.0596. The van der Waals surface area contributed by atoms with Crippen LogP contribution in [-0.4, -0.2) is 59.4 Å². The molecular formula is C48H67N3O3. The molecule has 2 amide bonds. The highest BCUT2D eigenvalue weighted by atomic mass is 16.5. The minimum Gasteiger partial charge on any atom is -0.494 e. The molecule has 1 aliphatic rings. The Kier molecular flexibility index (Phi) is 17.6. The van der Waals surface area contributed by atoms with E-state index in [-0.39, 0.29) is 23.2 Å². The normalized spacial score (nSPS) is 11.5. The van der Waals surface area contributed by atoms with E-state index in [0.717, 1.165) is 56.4 Å². The van der Waals surface area contributed by atoms with E-state index in [1.165, 1.54) is 91.2 Å². The zero-order valence-corrected chi connectivity index (χ0v) is 34.7. The van der Waals surface area contributed by atoms with Gasteiger partial charge < -0.3 is 14.5 Å². The van der Waals surface area contributed by atoms with Crippen molar-refractivity contribution in [2.75, 3.05) is 32.8 Å². The number of carbonyl (C=O) groups is 2. The molecule has 3 aromatic rings. The first-order valence-corrected chi connectivity index (χ1v) is 21.4. The Hall–Kier alpha value is -4.11. The van der Waals surface area contributed by atoms with Gasteiger partial charge >= 0.3 is 0 Å². The fourth-order valence-electron chi connectivity index (χ4n) is 7.66. The third-order valence-corrected chi connectivity index (χ3v) is 10.9. The molecule has 1 heterocycles. The molecule has 0 aliphatic heterocycles. The van der Waals surface area contributed by atoms with Gasteiger partial charge in [-0.1, -0.05) is 103 Å². The van der Waals surface area contributed by atoms with Crippen LogP contribution in [0.15, 0.2) is 36.4 Å². The third-order valence-electron chi connectivity index (χ3n) is 10.9. The number of fused-ring (bicyclic) bond motifs is 3. The second kappa shape index (κ2) is 22.3. The van der Waals surface area contributed by atoms with Crippen LogP contribution in [0.4, 0.5) is 0 Å². The molecule has 0 unspecified atom stereocenters. The molecule has 0 saturated heterocycles. The van der Waals surface area contributed by atoms with Gasteiger partial charge in [0.1, 0.15) is 17.1 Å². The van der Waals surface area contributed by atoms with E-state index in [1.807, 2.05) is 27.7 Å². The number of hydrogen-bond acceptors (Lipinski definition) is 4. The van der Waals surface area contributed by atoms with Crippen molar-refractivity contribution >= 4 is 11.8 Å². The number of amides is 2. The number of aryl methyl sites for hydroxylation is 1. The minimum absolute atomic E-state index is 0.178. The number of rotatable bonds is 22. The molecule has 292 valence electrons. The van der Waals surface area contributed by atoms with E-state index >= 15 is 0 Å². The molecule has 2 aromatic carbocycles. The number of carbonyl (C=O) groups excluding carboxylic acids is 2. The van der Waals surface area contributed by atoms with Crippen molar-refractivity contribution in [2.24, 2.45) is 0 Å². The number of aromatic nitrogens is 1. The number of hydrogen-bond donors (Lipinski definition) is 0. The second-order valence-electron chi connectivity index (χ2n) is 14.8. The average Bonchev–Trinajstić information content (AvgIpc) is 3.55. The summed E-state index contributed by atoms with van der Waals surface area (Å²) >= 11 is 0. The Morgan fingerprint density at radius 2 is 1.22 bits per heavy atom. The number of pyridine rings is 1. The van der Waals surface area contributed by atoms with Crippen molar-refractivity contribution in [1.29, 1.82) is 0 Å². The van der Waals surface area contributed by atoms with Gasteiger partial charge in [0.15, 0.2) is 0 Å². The lowest BCUT2D eigenvalue weighted by atomic mass is 9.86.